The molecule has 0 bridgehead atoms. The third-order valence-electron chi connectivity index (χ3n) is 2.79. The number of nitrogens with zero attached hydrogens (tertiary/aromatic N) is 4. The van der Waals surface area contributed by atoms with Crippen molar-refractivity contribution in [1.29, 1.82) is 0 Å². The number of aromatic amines is 1. The molecule has 2 rings (SSSR count). The van der Waals surface area contributed by atoms with Gasteiger partial charge in [0.2, 0.25) is 0 Å². The number of H-pyrrole nitrogens is 1. The van der Waals surface area contributed by atoms with Gasteiger partial charge in [-0.15, -0.1) is 0 Å². The molecule has 0 aromatic carbocycles. The quantitative estimate of drug-likeness (QED) is 0.768. The van der Waals surface area contributed by atoms with Crippen LogP contribution in [0.5, 0.6) is 0 Å². The van der Waals surface area contributed by atoms with E-state index in [0.29, 0.717) is 5.69 Å². The first-order chi connectivity index (χ1) is 10.6. The smallest absolute Gasteiger partial charge is 0.467 e. The van der Waals surface area contributed by atoms with Crippen LogP contribution < -0.4 is 5.32 Å². The number of carbonyl (C=O) groups excluding carboxylic acids is 2. The summed E-state index contributed by atoms with van der Waals surface area (Å²) in [4.78, 5) is 41.4. The summed E-state index contributed by atoms with van der Waals surface area (Å²) in [5, 5.41) is 2.56. The average Bonchev–Trinajstić information content (AvgIpc) is 3.06. The number of methoxy groups -OCH3 is 1. The van der Waals surface area contributed by atoms with Crippen LogP contribution in [-0.2, 0) is 16.0 Å². The molecule has 0 aliphatic rings. The molecule has 0 spiro atoms. The van der Waals surface area contributed by atoms with Crippen molar-refractivity contribution in [3.8, 4) is 6.57 Å². The SMILES string of the molecule is C#[N+]c1ncc(C(=O)N[C@H](Cc2cnc[nH]2)C(=O)OC)cn1. The lowest BCUT2D eigenvalue weighted by Crippen LogP contribution is -2.43. The van der Waals surface area contributed by atoms with Gasteiger partial charge in [-0.1, -0.05) is 9.97 Å². The second-order valence-corrected chi connectivity index (χ2v) is 4.23. The zero-order chi connectivity index (χ0) is 15.9. The Bertz CT molecular complexity index is 690. The molecular formula is C13H13N6O3+. The van der Waals surface area contributed by atoms with Gasteiger partial charge >= 0.3 is 11.9 Å². The van der Waals surface area contributed by atoms with E-state index in [1.807, 2.05) is 0 Å². The van der Waals surface area contributed by atoms with Crippen LogP contribution in [0, 0.1) is 6.57 Å². The summed E-state index contributed by atoms with van der Waals surface area (Å²) in [5.74, 6) is -1.03. The van der Waals surface area contributed by atoms with E-state index >= 15 is 0 Å². The van der Waals surface area contributed by atoms with Gasteiger partial charge in [-0.3, -0.25) is 4.79 Å². The molecule has 0 aliphatic carbocycles. The van der Waals surface area contributed by atoms with Crippen LogP contribution in [0.4, 0.5) is 5.95 Å². The van der Waals surface area contributed by atoms with E-state index in [1.54, 1.807) is 6.20 Å². The Balaban J connectivity index is 2.10. The Hall–Kier alpha value is -3.28. The molecule has 0 saturated heterocycles. The molecule has 2 heterocycles. The van der Waals surface area contributed by atoms with Gasteiger partial charge in [-0.25, -0.2) is 9.78 Å². The first-order valence-electron chi connectivity index (χ1n) is 6.23. The normalized spacial score (nSPS) is 11.3. The minimum atomic E-state index is -0.864. The fourth-order valence-electron chi connectivity index (χ4n) is 1.70. The second kappa shape index (κ2) is 6.94. The van der Waals surface area contributed by atoms with Gasteiger partial charge in [0, 0.05) is 18.3 Å². The van der Waals surface area contributed by atoms with Gasteiger partial charge in [-0.05, 0) is 0 Å². The van der Waals surface area contributed by atoms with Gasteiger partial charge in [0.1, 0.15) is 30.6 Å². The topological polar surface area (TPSA) is 114 Å². The number of nitrogens with one attached hydrogen (secondary N) is 2. The van der Waals surface area contributed by atoms with E-state index in [1.165, 1.54) is 25.8 Å². The predicted molar refractivity (Wildman–Crippen MR) is 75.6 cm³/mol. The molecule has 1 amide bonds. The zero-order valence-electron chi connectivity index (χ0n) is 11.7. The number of imidazole rings is 1. The average molecular weight is 301 g/mol. The van der Waals surface area contributed by atoms with Crippen molar-refractivity contribution < 1.29 is 14.3 Å². The molecule has 0 radical (unpaired) electrons. The largest absolute Gasteiger partial charge is 0.529 e. The standard InChI is InChI=1S/C13H12N6O3/c1-14-13-16-4-8(5-17-13)11(20)19-10(12(21)22-2)3-9-6-15-7-18-9/h1,4-7,10H,3H2,2H3,(H-,15,18,19,20)/p+1/t10-/m1/s1. The van der Waals surface area contributed by atoms with Crippen LogP contribution >= 0.6 is 0 Å². The molecule has 0 unspecified atom stereocenters. The van der Waals surface area contributed by atoms with Gasteiger partial charge in [0.15, 0.2) is 0 Å². The molecule has 22 heavy (non-hydrogen) atoms. The number of amides is 1. The van der Waals surface area contributed by atoms with Crippen LogP contribution in [0.25, 0.3) is 4.85 Å². The highest BCUT2D eigenvalue weighted by Gasteiger charge is 2.24. The number of ether oxygens (including phenoxy) is 1. The highest BCUT2D eigenvalue weighted by molar-refractivity contribution is 5.96. The van der Waals surface area contributed by atoms with Crippen molar-refractivity contribution in [3.05, 3.63) is 41.0 Å². The molecule has 0 saturated carbocycles. The fourth-order valence-corrected chi connectivity index (χ4v) is 1.70. The van der Waals surface area contributed by atoms with Gasteiger partial charge in [-0.2, -0.15) is 4.85 Å². The molecule has 1 atom stereocenters. The lowest BCUT2D eigenvalue weighted by molar-refractivity contribution is -0.142. The van der Waals surface area contributed by atoms with Crippen molar-refractivity contribution in [1.82, 2.24) is 25.3 Å². The maximum absolute atomic E-state index is 12.1. The van der Waals surface area contributed by atoms with E-state index < -0.39 is 17.9 Å². The Morgan fingerprint density at radius 2 is 2.14 bits per heavy atom. The minimum absolute atomic E-state index is 0.0542. The van der Waals surface area contributed by atoms with Crippen molar-refractivity contribution in [2.75, 3.05) is 7.11 Å². The van der Waals surface area contributed by atoms with E-state index in [0.717, 1.165) is 0 Å². The fraction of sp³-hybridized carbons (Fsp3) is 0.231. The Morgan fingerprint density at radius 3 is 2.68 bits per heavy atom. The maximum Gasteiger partial charge on any atom is 0.529 e. The number of esters is 1. The van der Waals surface area contributed by atoms with E-state index in [4.69, 9.17) is 6.57 Å². The van der Waals surface area contributed by atoms with Crippen LogP contribution in [0.3, 0.4) is 0 Å². The summed E-state index contributed by atoms with van der Waals surface area (Å²) in [6.07, 6.45) is 5.78. The van der Waals surface area contributed by atoms with Crippen molar-refractivity contribution in [3.63, 3.8) is 0 Å². The number of hydrogen-bond acceptors (Lipinski definition) is 6. The molecule has 112 valence electrons. The monoisotopic (exact) mass is 301 g/mol. The third-order valence-corrected chi connectivity index (χ3v) is 2.79. The van der Waals surface area contributed by atoms with Crippen LogP contribution in [0.1, 0.15) is 16.1 Å². The highest BCUT2D eigenvalue weighted by Crippen LogP contribution is 2.05. The van der Waals surface area contributed by atoms with Crippen LogP contribution in [0.2, 0.25) is 0 Å². The summed E-state index contributed by atoms with van der Waals surface area (Å²) in [6, 6.07) is -0.864. The molecule has 9 heteroatoms. The van der Waals surface area contributed by atoms with Crippen LogP contribution in [0.15, 0.2) is 24.9 Å². The molecule has 2 aromatic rings. The maximum atomic E-state index is 12.1. The van der Waals surface area contributed by atoms with Crippen molar-refractivity contribution in [2.24, 2.45) is 0 Å². The third kappa shape index (κ3) is 3.63. The van der Waals surface area contributed by atoms with Gasteiger partial charge in [0.25, 0.3) is 5.91 Å². The molecule has 0 aliphatic heterocycles. The Labute approximate surface area is 125 Å². The first kappa shape index (κ1) is 15.1. The lowest BCUT2D eigenvalue weighted by atomic mass is 10.1. The first-order valence-corrected chi connectivity index (χ1v) is 6.23. The summed E-state index contributed by atoms with van der Waals surface area (Å²) in [5.41, 5.74) is 0.857. The summed E-state index contributed by atoms with van der Waals surface area (Å²) < 4.78 is 4.68. The van der Waals surface area contributed by atoms with Crippen molar-refractivity contribution >= 4 is 17.8 Å². The Morgan fingerprint density at radius 1 is 1.41 bits per heavy atom. The van der Waals surface area contributed by atoms with Crippen molar-refractivity contribution in [2.45, 2.75) is 12.5 Å². The second-order valence-electron chi connectivity index (χ2n) is 4.23. The minimum Gasteiger partial charge on any atom is -0.467 e. The Kier molecular flexibility index (Phi) is 4.77. The predicted octanol–water partition coefficient (Wildman–Crippen LogP) is 0.308. The molecule has 2 N–H and O–H groups in total. The van der Waals surface area contributed by atoms with E-state index in [2.05, 4.69) is 34.8 Å². The van der Waals surface area contributed by atoms with Gasteiger partial charge < -0.3 is 15.0 Å². The molecule has 0 fully saturated rings. The summed E-state index contributed by atoms with van der Waals surface area (Å²) in [6.45, 7) is 5.02. The number of aromatic nitrogens is 4. The van der Waals surface area contributed by atoms with E-state index in [9.17, 15) is 9.59 Å². The lowest BCUT2D eigenvalue weighted by Gasteiger charge is -2.15. The summed E-state index contributed by atoms with van der Waals surface area (Å²) in [7, 11) is 1.25. The van der Waals surface area contributed by atoms with Gasteiger partial charge in [0.05, 0.1) is 13.4 Å². The summed E-state index contributed by atoms with van der Waals surface area (Å²) >= 11 is 0. The number of hydrogen-bond donors (Lipinski definition) is 2. The van der Waals surface area contributed by atoms with Crippen LogP contribution in [-0.4, -0.2) is 45.0 Å². The molecular weight excluding hydrogens is 288 g/mol. The van der Waals surface area contributed by atoms with E-state index in [-0.39, 0.29) is 17.9 Å². The highest BCUT2D eigenvalue weighted by atomic mass is 16.5. The zero-order valence-corrected chi connectivity index (χ0v) is 11.7. The number of rotatable bonds is 5. The molecule has 9 nitrogen and oxygen atoms in total. The number of carbonyl (C=O) groups is 2. The molecule has 2 aromatic heterocycles.